The van der Waals surface area contributed by atoms with E-state index in [2.05, 4.69) is 10.6 Å². The Hall–Kier alpha value is -2.24. The zero-order valence-electron chi connectivity index (χ0n) is 9.63. The average molecular weight is 250 g/mol. The molecular weight excluding hydrogens is 236 g/mol. The Morgan fingerprint density at radius 2 is 2.28 bits per heavy atom. The van der Waals surface area contributed by atoms with Gasteiger partial charge in [0.1, 0.15) is 5.76 Å². The van der Waals surface area contributed by atoms with Crippen LogP contribution in [0.25, 0.3) is 0 Å². The zero-order chi connectivity index (χ0) is 13.0. The molecule has 1 aromatic rings. The van der Waals surface area contributed by atoms with Crippen molar-refractivity contribution in [3.8, 4) is 0 Å². The summed E-state index contributed by atoms with van der Waals surface area (Å²) < 4.78 is 5.07. The Kier molecular flexibility index (Phi) is 3.66. The van der Waals surface area contributed by atoms with Gasteiger partial charge in [-0.3, -0.25) is 4.79 Å². The quantitative estimate of drug-likeness (QED) is 0.698. The van der Waals surface area contributed by atoms with Gasteiger partial charge in [0.25, 0.3) is 0 Å². The SMILES string of the molecule is O=C(NCc1ccco1)NC1C=CC(C(=O)O)C1. The topological polar surface area (TPSA) is 91.6 Å². The maximum atomic E-state index is 11.5. The highest BCUT2D eigenvalue weighted by Crippen LogP contribution is 2.17. The molecule has 1 heterocycles. The number of hydrogen-bond donors (Lipinski definition) is 3. The highest BCUT2D eigenvalue weighted by molar-refractivity contribution is 5.76. The predicted octanol–water partition coefficient (Wildman–Crippen LogP) is 1.11. The highest BCUT2D eigenvalue weighted by Gasteiger charge is 2.25. The normalized spacial score (nSPS) is 21.8. The number of urea groups is 1. The van der Waals surface area contributed by atoms with E-state index < -0.39 is 11.9 Å². The third-order valence-corrected chi connectivity index (χ3v) is 2.72. The van der Waals surface area contributed by atoms with E-state index in [1.165, 1.54) is 6.26 Å². The maximum absolute atomic E-state index is 11.5. The van der Waals surface area contributed by atoms with Crippen LogP contribution in [0.1, 0.15) is 12.2 Å². The number of carbonyl (C=O) groups is 2. The number of carboxylic acids is 1. The Bertz CT molecular complexity index is 453. The molecule has 1 aromatic heterocycles. The molecule has 6 heteroatoms. The van der Waals surface area contributed by atoms with Gasteiger partial charge in [0, 0.05) is 0 Å². The van der Waals surface area contributed by atoms with Gasteiger partial charge in [-0.1, -0.05) is 12.2 Å². The predicted molar refractivity (Wildman–Crippen MR) is 62.8 cm³/mol. The van der Waals surface area contributed by atoms with E-state index in [4.69, 9.17) is 9.52 Å². The van der Waals surface area contributed by atoms with Gasteiger partial charge in [0.2, 0.25) is 0 Å². The first-order valence-electron chi connectivity index (χ1n) is 5.63. The van der Waals surface area contributed by atoms with Crippen molar-refractivity contribution >= 4 is 12.0 Å². The molecule has 0 aromatic carbocycles. The standard InChI is InChI=1S/C12H14N2O4/c15-11(16)8-3-4-9(6-8)14-12(17)13-7-10-2-1-5-18-10/h1-5,8-9H,6-7H2,(H,15,16)(H2,13,14,17). The second-order valence-corrected chi connectivity index (χ2v) is 4.08. The molecule has 6 nitrogen and oxygen atoms in total. The van der Waals surface area contributed by atoms with E-state index in [-0.39, 0.29) is 12.1 Å². The number of hydrogen-bond acceptors (Lipinski definition) is 3. The molecule has 0 radical (unpaired) electrons. The van der Waals surface area contributed by atoms with Gasteiger partial charge in [-0.25, -0.2) is 4.79 Å². The minimum Gasteiger partial charge on any atom is -0.481 e. The third-order valence-electron chi connectivity index (χ3n) is 2.72. The van der Waals surface area contributed by atoms with Gasteiger partial charge < -0.3 is 20.2 Å². The van der Waals surface area contributed by atoms with Crippen molar-refractivity contribution in [3.63, 3.8) is 0 Å². The van der Waals surface area contributed by atoms with Gasteiger partial charge in [-0.15, -0.1) is 0 Å². The summed E-state index contributed by atoms with van der Waals surface area (Å²) in [6.45, 7) is 0.303. The second kappa shape index (κ2) is 5.39. The fourth-order valence-corrected chi connectivity index (χ4v) is 1.79. The van der Waals surface area contributed by atoms with Crippen molar-refractivity contribution in [2.45, 2.75) is 19.0 Å². The lowest BCUT2D eigenvalue weighted by atomic mass is 10.1. The fourth-order valence-electron chi connectivity index (χ4n) is 1.79. The lowest BCUT2D eigenvalue weighted by Crippen LogP contribution is -2.40. The van der Waals surface area contributed by atoms with Gasteiger partial charge in [0.15, 0.2) is 0 Å². The minimum atomic E-state index is -0.869. The number of carboxylic acid groups (broad SMARTS) is 1. The van der Waals surface area contributed by atoms with Crippen molar-refractivity contribution in [2.24, 2.45) is 5.92 Å². The summed E-state index contributed by atoms with van der Waals surface area (Å²) in [6, 6.07) is 2.93. The lowest BCUT2D eigenvalue weighted by molar-refractivity contribution is -0.140. The summed E-state index contributed by atoms with van der Waals surface area (Å²) in [4.78, 5) is 22.2. The van der Waals surface area contributed by atoms with Crippen LogP contribution >= 0.6 is 0 Å². The van der Waals surface area contributed by atoms with E-state index in [9.17, 15) is 9.59 Å². The Labute approximate surface area is 104 Å². The van der Waals surface area contributed by atoms with Crippen LogP contribution in [0.15, 0.2) is 35.0 Å². The smallest absolute Gasteiger partial charge is 0.315 e. The van der Waals surface area contributed by atoms with Crippen LogP contribution < -0.4 is 10.6 Å². The number of nitrogens with one attached hydrogen (secondary N) is 2. The molecule has 1 aliphatic carbocycles. The van der Waals surface area contributed by atoms with Crippen molar-refractivity contribution < 1.29 is 19.1 Å². The molecule has 2 atom stereocenters. The average Bonchev–Trinajstić information content (AvgIpc) is 2.96. The third kappa shape index (κ3) is 3.13. The molecule has 0 saturated carbocycles. The van der Waals surface area contributed by atoms with Crippen LogP contribution in [-0.4, -0.2) is 23.1 Å². The molecule has 0 saturated heterocycles. The molecule has 0 aliphatic heterocycles. The van der Waals surface area contributed by atoms with Crippen LogP contribution in [0.5, 0.6) is 0 Å². The van der Waals surface area contributed by atoms with Crippen LogP contribution in [0.2, 0.25) is 0 Å². The summed E-state index contributed by atoms with van der Waals surface area (Å²) >= 11 is 0. The maximum Gasteiger partial charge on any atom is 0.315 e. The van der Waals surface area contributed by atoms with Crippen molar-refractivity contribution in [1.29, 1.82) is 0 Å². The number of rotatable bonds is 4. The lowest BCUT2D eigenvalue weighted by Gasteiger charge is -2.12. The Morgan fingerprint density at radius 1 is 1.44 bits per heavy atom. The summed E-state index contributed by atoms with van der Waals surface area (Å²) in [5.74, 6) is -0.720. The fraction of sp³-hybridized carbons (Fsp3) is 0.333. The molecule has 0 spiro atoms. The number of carbonyl (C=O) groups excluding carboxylic acids is 1. The van der Waals surface area contributed by atoms with Crippen LogP contribution in [0.3, 0.4) is 0 Å². The Balaban J connectivity index is 1.72. The molecule has 2 unspecified atom stereocenters. The molecule has 3 N–H and O–H groups in total. The summed E-state index contributed by atoms with van der Waals surface area (Å²) in [7, 11) is 0. The largest absolute Gasteiger partial charge is 0.481 e. The number of amides is 2. The molecular formula is C12H14N2O4. The van der Waals surface area contributed by atoms with Gasteiger partial charge in [-0.2, -0.15) is 0 Å². The molecule has 18 heavy (non-hydrogen) atoms. The van der Waals surface area contributed by atoms with E-state index in [0.29, 0.717) is 18.7 Å². The molecule has 96 valence electrons. The summed E-state index contributed by atoms with van der Waals surface area (Å²) in [6.07, 6.45) is 5.22. The van der Waals surface area contributed by atoms with Crippen LogP contribution in [0, 0.1) is 5.92 Å². The van der Waals surface area contributed by atoms with Crippen molar-refractivity contribution in [3.05, 3.63) is 36.3 Å². The summed E-state index contributed by atoms with van der Waals surface area (Å²) in [5.41, 5.74) is 0. The van der Waals surface area contributed by atoms with E-state index in [1.807, 2.05) is 0 Å². The van der Waals surface area contributed by atoms with Crippen molar-refractivity contribution in [2.75, 3.05) is 0 Å². The minimum absolute atomic E-state index is 0.234. The summed E-state index contributed by atoms with van der Waals surface area (Å²) in [5, 5.41) is 14.1. The van der Waals surface area contributed by atoms with E-state index in [0.717, 1.165) is 0 Å². The zero-order valence-corrected chi connectivity index (χ0v) is 9.63. The second-order valence-electron chi connectivity index (χ2n) is 4.08. The van der Waals surface area contributed by atoms with Crippen LogP contribution in [-0.2, 0) is 11.3 Å². The van der Waals surface area contributed by atoms with Gasteiger partial charge >= 0.3 is 12.0 Å². The van der Waals surface area contributed by atoms with Gasteiger partial charge in [0.05, 0.1) is 24.8 Å². The molecule has 1 aliphatic rings. The first-order chi connectivity index (χ1) is 8.65. The molecule has 0 bridgehead atoms. The first-order valence-corrected chi connectivity index (χ1v) is 5.63. The Morgan fingerprint density at radius 3 is 2.89 bits per heavy atom. The van der Waals surface area contributed by atoms with E-state index >= 15 is 0 Å². The van der Waals surface area contributed by atoms with E-state index in [1.54, 1.807) is 24.3 Å². The van der Waals surface area contributed by atoms with Crippen molar-refractivity contribution in [1.82, 2.24) is 10.6 Å². The van der Waals surface area contributed by atoms with Gasteiger partial charge in [-0.05, 0) is 18.6 Å². The monoisotopic (exact) mass is 250 g/mol. The molecule has 2 rings (SSSR count). The highest BCUT2D eigenvalue weighted by atomic mass is 16.4. The number of aliphatic carboxylic acids is 1. The molecule has 0 fully saturated rings. The molecule has 2 amide bonds. The number of furan rings is 1. The van der Waals surface area contributed by atoms with Crippen LogP contribution in [0.4, 0.5) is 4.79 Å². The first kappa shape index (κ1) is 12.2.